The van der Waals surface area contributed by atoms with E-state index in [-0.39, 0.29) is 30.3 Å². The second-order valence-electron chi connectivity index (χ2n) is 6.87. The van der Waals surface area contributed by atoms with Gasteiger partial charge in [-0.15, -0.1) is 17.5 Å². The van der Waals surface area contributed by atoms with Gasteiger partial charge in [0, 0.05) is 32.1 Å². The Kier molecular flexibility index (Phi) is 7.95. The number of hydrogen-bond donors (Lipinski definition) is 2. The van der Waals surface area contributed by atoms with Gasteiger partial charge in [-0.3, -0.25) is 9.59 Å². The molecular weight excluding hydrogens is 380 g/mol. The molecule has 2 aromatic rings. The van der Waals surface area contributed by atoms with Crippen molar-refractivity contribution in [2.75, 3.05) is 19.6 Å². The minimum absolute atomic E-state index is 0. The molecule has 0 spiro atoms. The molecule has 8 nitrogen and oxygen atoms in total. The van der Waals surface area contributed by atoms with Gasteiger partial charge in [0.2, 0.25) is 5.91 Å². The Hall–Kier alpha value is -2.45. The largest absolute Gasteiger partial charge is 0.354 e. The number of amides is 2. The zero-order valence-electron chi connectivity index (χ0n) is 16.0. The van der Waals surface area contributed by atoms with Crippen molar-refractivity contribution in [2.45, 2.75) is 38.6 Å². The van der Waals surface area contributed by atoms with E-state index in [1.54, 1.807) is 15.8 Å². The summed E-state index contributed by atoms with van der Waals surface area (Å²) in [4.78, 5) is 26.5. The van der Waals surface area contributed by atoms with E-state index in [4.69, 9.17) is 5.73 Å². The van der Waals surface area contributed by atoms with Crippen molar-refractivity contribution < 1.29 is 9.59 Å². The van der Waals surface area contributed by atoms with Gasteiger partial charge in [0.25, 0.3) is 5.91 Å². The fourth-order valence-corrected chi connectivity index (χ4v) is 3.26. The van der Waals surface area contributed by atoms with Gasteiger partial charge in [-0.05, 0) is 38.3 Å². The van der Waals surface area contributed by atoms with Gasteiger partial charge in [0.1, 0.15) is 0 Å². The highest BCUT2D eigenvalue weighted by molar-refractivity contribution is 5.92. The third kappa shape index (κ3) is 5.30. The van der Waals surface area contributed by atoms with Gasteiger partial charge in [-0.25, -0.2) is 4.68 Å². The fraction of sp³-hybridized carbons (Fsp3) is 0.474. The molecule has 1 saturated heterocycles. The summed E-state index contributed by atoms with van der Waals surface area (Å²) >= 11 is 0. The molecule has 9 heteroatoms. The summed E-state index contributed by atoms with van der Waals surface area (Å²) in [7, 11) is 0. The topological polar surface area (TPSA) is 106 Å². The molecule has 3 N–H and O–H groups in total. The lowest BCUT2D eigenvalue weighted by atomic mass is 10.0. The van der Waals surface area contributed by atoms with E-state index in [1.165, 1.54) is 0 Å². The third-order valence-electron chi connectivity index (χ3n) is 4.81. The molecule has 1 aliphatic heterocycles. The molecule has 0 saturated carbocycles. The van der Waals surface area contributed by atoms with Gasteiger partial charge in [0.15, 0.2) is 5.69 Å². The predicted octanol–water partition coefficient (Wildman–Crippen LogP) is 1.46. The zero-order valence-corrected chi connectivity index (χ0v) is 16.8. The predicted molar refractivity (Wildman–Crippen MR) is 109 cm³/mol. The van der Waals surface area contributed by atoms with E-state index in [9.17, 15) is 9.59 Å². The van der Waals surface area contributed by atoms with Crippen molar-refractivity contribution in [3.05, 3.63) is 41.7 Å². The monoisotopic (exact) mass is 406 g/mol. The summed E-state index contributed by atoms with van der Waals surface area (Å²) in [6, 6.07) is 7.83. The molecule has 2 heterocycles. The van der Waals surface area contributed by atoms with Crippen molar-refractivity contribution in [2.24, 2.45) is 5.73 Å². The Bertz CT molecular complexity index is 792. The van der Waals surface area contributed by atoms with Crippen LogP contribution in [0.5, 0.6) is 0 Å². The lowest BCUT2D eigenvalue weighted by molar-refractivity contribution is -0.121. The molecule has 0 radical (unpaired) electrons. The molecule has 1 aliphatic rings. The molecule has 2 amide bonds. The maximum Gasteiger partial charge on any atom is 0.276 e. The molecule has 1 atom stereocenters. The summed E-state index contributed by atoms with van der Waals surface area (Å²) in [6.45, 7) is 3.44. The average molecular weight is 407 g/mol. The number of likely N-dealkylation sites (tertiary alicyclic amines) is 1. The van der Waals surface area contributed by atoms with Crippen molar-refractivity contribution >= 4 is 24.2 Å². The highest BCUT2D eigenvalue weighted by Crippen LogP contribution is 2.19. The van der Waals surface area contributed by atoms with Crippen LogP contribution in [0.25, 0.3) is 5.69 Å². The van der Waals surface area contributed by atoms with Crippen LogP contribution in [0.2, 0.25) is 0 Å². The molecule has 1 fully saturated rings. The van der Waals surface area contributed by atoms with E-state index in [1.807, 2.05) is 31.2 Å². The highest BCUT2D eigenvalue weighted by atomic mass is 35.5. The lowest BCUT2D eigenvalue weighted by Crippen LogP contribution is -2.49. The van der Waals surface area contributed by atoms with Crippen LogP contribution < -0.4 is 11.1 Å². The minimum Gasteiger partial charge on any atom is -0.354 e. The van der Waals surface area contributed by atoms with Crippen LogP contribution in [-0.4, -0.2) is 57.4 Å². The fourth-order valence-electron chi connectivity index (χ4n) is 3.26. The molecule has 28 heavy (non-hydrogen) atoms. The first-order valence-corrected chi connectivity index (χ1v) is 9.35. The molecular formula is C19H27ClN6O2. The van der Waals surface area contributed by atoms with E-state index >= 15 is 0 Å². The Morgan fingerprint density at radius 3 is 2.71 bits per heavy atom. The summed E-state index contributed by atoms with van der Waals surface area (Å²) in [6.07, 6.45) is 4.81. The lowest BCUT2D eigenvalue weighted by Gasteiger charge is -2.35. The van der Waals surface area contributed by atoms with Gasteiger partial charge >= 0.3 is 0 Å². The van der Waals surface area contributed by atoms with E-state index in [0.29, 0.717) is 31.7 Å². The number of halogens is 1. The Morgan fingerprint density at radius 2 is 2.00 bits per heavy atom. The highest BCUT2D eigenvalue weighted by Gasteiger charge is 2.29. The molecule has 3 rings (SSSR count). The van der Waals surface area contributed by atoms with Crippen LogP contribution in [0, 0.1) is 6.92 Å². The molecule has 1 aromatic carbocycles. The summed E-state index contributed by atoms with van der Waals surface area (Å²) in [5.74, 6) is -0.230. The summed E-state index contributed by atoms with van der Waals surface area (Å²) < 4.78 is 1.61. The minimum atomic E-state index is -0.147. The SMILES string of the molecule is Cc1ccc(-n2cc(C(=O)N3CCCCC3CNC(=O)CCN)nn2)cc1.Cl. The van der Waals surface area contributed by atoms with Crippen LogP contribution in [-0.2, 0) is 4.79 Å². The average Bonchev–Trinajstić information content (AvgIpc) is 3.17. The number of rotatable bonds is 6. The van der Waals surface area contributed by atoms with E-state index in [0.717, 1.165) is 30.5 Å². The van der Waals surface area contributed by atoms with Gasteiger partial charge < -0.3 is 16.0 Å². The number of nitrogens with one attached hydrogen (secondary N) is 1. The maximum atomic E-state index is 13.0. The number of carbonyl (C=O) groups excluding carboxylic acids is 2. The van der Waals surface area contributed by atoms with Crippen LogP contribution in [0.3, 0.4) is 0 Å². The second-order valence-corrected chi connectivity index (χ2v) is 6.87. The Balaban J connectivity index is 0.00000280. The number of carbonyl (C=O) groups is 2. The summed E-state index contributed by atoms with van der Waals surface area (Å²) in [5.41, 5.74) is 7.73. The number of benzene rings is 1. The molecule has 1 aromatic heterocycles. The van der Waals surface area contributed by atoms with Crippen molar-refractivity contribution in [1.82, 2.24) is 25.2 Å². The number of nitrogens with zero attached hydrogens (tertiary/aromatic N) is 4. The van der Waals surface area contributed by atoms with Crippen LogP contribution in [0.15, 0.2) is 30.5 Å². The van der Waals surface area contributed by atoms with E-state index < -0.39 is 0 Å². The molecule has 152 valence electrons. The smallest absolute Gasteiger partial charge is 0.276 e. The zero-order chi connectivity index (χ0) is 19.2. The maximum absolute atomic E-state index is 13.0. The quantitative estimate of drug-likeness (QED) is 0.755. The van der Waals surface area contributed by atoms with Crippen LogP contribution in [0.1, 0.15) is 41.7 Å². The first kappa shape index (κ1) is 21.8. The first-order valence-electron chi connectivity index (χ1n) is 9.35. The standard InChI is InChI=1S/C19H26N6O2.ClH/c1-14-5-7-15(8-6-14)25-13-17(22-23-25)19(27)24-11-3-2-4-16(24)12-21-18(26)9-10-20;/h5-8,13,16H,2-4,9-12,20H2,1H3,(H,21,26);1H. The van der Waals surface area contributed by atoms with Crippen molar-refractivity contribution in [3.8, 4) is 5.69 Å². The molecule has 0 aliphatic carbocycles. The summed E-state index contributed by atoms with van der Waals surface area (Å²) in [5, 5.41) is 11.0. The van der Waals surface area contributed by atoms with Crippen molar-refractivity contribution in [3.63, 3.8) is 0 Å². The first-order chi connectivity index (χ1) is 13.1. The van der Waals surface area contributed by atoms with Gasteiger partial charge in [-0.1, -0.05) is 22.9 Å². The molecule has 1 unspecified atom stereocenters. The van der Waals surface area contributed by atoms with Gasteiger partial charge in [0.05, 0.1) is 11.9 Å². The number of nitrogens with two attached hydrogens (primary N) is 1. The second kappa shape index (κ2) is 10.2. The Labute approximate surface area is 170 Å². The number of aryl methyl sites for hydroxylation is 1. The molecule has 0 bridgehead atoms. The number of hydrogen-bond acceptors (Lipinski definition) is 5. The van der Waals surface area contributed by atoms with Crippen LogP contribution >= 0.6 is 12.4 Å². The van der Waals surface area contributed by atoms with E-state index in [2.05, 4.69) is 15.6 Å². The van der Waals surface area contributed by atoms with Crippen LogP contribution in [0.4, 0.5) is 0 Å². The number of aromatic nitrogens is 3. The normalized spacial score (nSPS) is 16.4. The third-order valence-corrected chi connectivity index (χ3v) is 4.81. The van der Waals surface area contributed by atoms with Crippen molar-refractivity contribution in [1.29, 1.82) is 0 Å². The number of piperidine rings is 1. The van der Waals surface area contributed by atoms with Gasteiger partial charge in [-0.2, -0.15) is 0 Å². The Morgan fingerprint density at radius 1 is 1.25 bits per heavy atom.